The van der Waals surface area contributed by atoms with E-state index in [0.29, 0.717) is 35.0 Å². The van der Waals surface area contributed by atoms with E-state index in [4.69, 9.17) is 4.74 Å². The predicted octanol–water partition coefficient (Wildman–Crippen LogP) is 3.38. The van der Waals surface area contributed by atoms with Crippen molar-refractivity contribution in [3.8, 4) is 11.4 Å². The van der Waals surface area contributed by atoms with Crippen molar-refractivity contribution in [2.75, 3.05) is 18.2 Å². The lowest BCUT2D eigenvalue weighted by Crippen LogP contribution is -2.14. The molecule has 1 N–H and O–H groups in total. The molecule has 0 spiro atoms. The average molecular weight is 411 g/mol. The maximum absolute atomic E-state index is 12.2. The van der Waals surface area contributed by atoms with Gasteiger partial charge in [0, 0.05) is 17.7 Å². The minimum atomic E-state index is -0.131. The molecule has 0 aliphatic heterocycles. The molecule has 0 saturated carbocycles. The predicted molar refractivity (Wildman–Crippen MR) is 111 cm³/mol. The maximum atomic E-state index is 12.2. The highest BCUT2D eigenvalue weighted by Gasteiger charge is 2.11. The second kappa shape index (κ2) is 9.83. The standard InChI is InChI=1S/C20H21N5O3S/c1-14(26)17-6-3-4-7-18(17)21-19(27)8-5-13-29-20-22-23-24-25(20)15-9-11-16(28-2)12-10-15/h3-4,6-7,9-12H,5,8,13H2,1-2H3,(H,21,27). The topological polar surface area (TPSA) is 99.0 Å². The summed E-state index contributed by atoms with van der Waals surface area (Å²) < 4.78 is 6.81. The summed E-state index contributed by atoms with van der Waals surface area (Å²) in [6.07, 6.45) is 0.984. The third-order valence-corrected chi connectivity index (χ3v) is 5.12. The molecule has 8 nitrogen and oxygen atoms in total. The first-order valence-electron chi connectivity index (χ1n) is 9.04. The molecule has 0 atom stereocenters. The van der Waals surface area contributed by atoms with Gasteiger partial charge in [-0.15, -0.1) is 5.10 Å². The van der Waals surface area contributed by atoms with Gasteiger partial charge in [0.25, 0.3) is 0 Å². The molecule has 0 unspecified atom stereocenters. The number of para-hydroxylation sites is 1. The number of hydrogen-bond acceptors (Lipinski definition) is 7. The van der Waals surface area contributed by atoms with Crippen molar-refractivity contribution in [1.29, 1.82) is 0 Å². The normalized spacial score (nSPS) is 10.6. The monoisotopic (exact) mass is 411 g/mol. The first kappa shape index (κ1) is 20.5. The van der Waals surface area contributed by atoms with E-state index >= 15 is 0 Å². The van der Waals surface area contributed by atoms with Crippen molar-refractivity contribution >= 4 is 29.1 Å². The Morgan fingerprint density at radius 2 is 1.90 bits per heavy atom. The third kappa shape index (κ3) is 5.41. The Morgan fingerprint density at radius 1 is 1.14 bits per heavy atom. The Bertz CT molecular complexity index is 988. The summed E-state index contributed by atoms with van der Waals surface area (Å²) in [5.74, 6) is 1.22. The lowest BCUT2D eigenvalue weighted by atomic mass is 10.1. The smallest absolute Gasteiger partial charge is 0.224 e. The van der Waals surface area contributed by atoms with Crippen LogP contribution < -0.4 is 10.1 Å². The molecule has 0 aliphatic carbocycles. The number of thioether (sulfide) groups is 1. The van der Waals surface area contributed by atoms with Crippen LogP contribution in [-0.2, 0) is 4.79 Å². The van der Waals surface area contributed by atoms with E-state index in [-0.39, 0.29) is 11.7 Å². The molecular formula is C20H21N5O3S. The zero-order valence-corrected chi connectivity index (χ0v) is 17.0. The minimum Gasteiger partial charge on any atom is -0.497 e. The molecule has 1 heterocycles. The van der Waals surface area contributed by atoms with E-state index < -0.39 is 0 Å². The van der Waals surface area contributed by atoms with E-state index in [2.05, 4.69) is 20.8 Å². The van der Waals surface area contributed by atoms with Crippen molar-refractivity contribution < 1.29 is 14.3 Å². The number of anilines is 1. The molecule has 0 saturated heterocycles. The number of hydrogen-bond donors (Lipinski definition) is 1. The van der Waals surface area contributed by atoms with E-state index in [1.165, 1.54) is 18.7 Å². The van der Waals surface area contributed by atoms with Gasteiger partial charge >= 0.3 is 0 Å². The van der Waals surface area contributed by atoms with Crippen LogP contribution in [0.15, 0.2) is 53.7 Å². The first-order chi connectivity index (χ1) is 14.1. The van der Waals surface area contributed by atoms with Gasteiger partial charge in [-0.05, 0) is 60.2 Å². The number of ketones is 1. The molecule has 2 aromatic carbocycles. The summed E-state index contributed by atoms with van der Waals surface area (Å²) in [5, 5.41) is 15.3. The molecule has 1 aromatic heterocycles. The van der Waals surface area contributed by atoms with Crippen LogP contribution in [0.3, 0.4) is 0 Å². The van der Waals surface area contributed by atoms with Crippen LogP contribution in [-0.4, -0.2) is 44.8 Å². The number of ether oxygens (including phenoxy) is 1. The lowest BCUT2D eigenvalue weighted by molar-refractivity contribution is -0.116. The molecule has 3 rings (SSSR count). The summed E-state index contributed by atoms with van der Waals surface area (Å²) >= 11 is 1.48. The number of Topliss-reactive ketones (excluding diaryl/α,β-unsaturated/α-hetero) is 1. The summed E-state index contributed by atoms with van der Waals surface area (Å²) in [4.78, 5) is 23.8. The van der Waals surface area contributed by atoms with Crippen molar-refractivity contribution in [2.24, 2.45) is 0 Å². The Labute approximate surface area is 172 Å². The summed E-state index contributed by atoms with van der Waals surface area (Å²) in [6.45, 7) is 1.48. The fourth-order valence-corrected chi connectivity index (χ4v) is 3.49. The van der Waals surface area contributed by atoms with Crippen molar-refractivity contribution in [2.45, 2.75) is 24.9 Å². The van der Waals surface area contributed by atoms with Crippen LogP contribution >= 0.6 is 11.8 Å². The lowest BCUT2D eigenvalue weighted by Gasteiger charge is -2.09. The number of benzene rings is 2. The van der Waals surface area contributed by atoms with Gasteiger partial charge < -0.3 is 10.1 Å². The third-order valence-electron chi connectivity index (χ3n) is 4.12. The molecule has 150 valence electrons. The highest BCUT2D eigenvalue weighted by atomic mass is 32.2. The number of carbonyl (C=O) groups is 2. The largest absolute Gasteiger partial charge is 0.497 e. The van der Waals surface area contributed by atoms with Gasteiger partial charge in [-0.2, -0.15) is 4.68 Å². The van der Waals surface area contributed by atoms with Crippen LogP contribution in [0.1, 0.15) is 30.1 Å². The molecule has 0 fully saturated rings. The maximum Gasteiger partial charge on any atom is 0.224 e. The van der Waals surface area contributed by atoms with Crippen LogP contribution in [0.2, 0.25) is 0 Å². The Hall–Kier alpha value is -3.20. The molecule has 29 heavy (non-hydrogen) atoms. The minimum absolute atomic E-state index is 0.0816. The second-order valence-corrected chi connectivity index (χ2v) is 7.24. The second-order valence-electron chi connectivity index (χ2n) is 6.17. The number of tetrazole rings is 1. The van der Waals surface area contributed by atoms with Gasteiger partial charge in [0.2, 0.25) is 11.1 Å². The molecule has 1 amide bonds. The molecule has 3 aromatic rings. The number of amides is 1. The molecular weight excluding hydrogens is 390 g/mol. The van der Waals surface area contributed by atoms with Crippen molar-refractivity contribution in [1.82, 2.24) is 20.2 Å². The van der Waals surface area contributed by atoms with Gasteiger partial charge in [0.15, 0.2) is 5.78 Å². The molecule has 0 aliphatic rings. The molecule has 9 heteroatoms. The fraction of sp³-hybridized carbons (Fsp3) is 0.250. The Morgan fingerprint density at radius 3 is 2.62 bits per heavy atom. The SMILES string of the molecule is COc1ccc(-n2nnnc2SCCCC(=O)Nc2ccccc2C(C)=O)cc1. The zero-order valence-electron chi connectivity index (χ0n) is 16.2. The van der Waals surface area contributed by atoms with Crippen LogP contribution in [0.4, 0.5) is 5.69 Å². The zero-order chi connectivity index (χ0) is 20.6. The van der Waals surface area contributed by atoms with Crippen LogP contribution in [0, 0.1) is 0 Å². The van der Waals surface area contributed by atoms with E-state index in [9.17, 15) is 9.59 Å². The highest BCUT2D eigenvalue weighted by molar-refractivity contribution is 7.99. The number of nitrogens with one attached hydrogen (secondary N) is 1. The summed E-state index contributed by atoms with van der Waals surface area (Å²) in [6, 6.07) is 14.4. The van der Waals surface area contributed by atoms with Crippen molar-refractivity contribution in [3.05, 3.63) is 54.1 Å². The number of nitrogens with zero attached hydrogens (tertiary/aromatic N) is 4. The first-order valence-corrected chi connectivity index (χ1v) is 10.0. The quantitative estimate of drug-likeness (QED) is 0.327. The van der Waals surface area contributed by atoms with Crippen molar-refractivity contribution in [3.63, 3.8) is 0 Å². The summed E-state index contributed by atoms with van der Waals surface area (Å²) in [7, 11) is 1.61. The highest BCUT2D eigenvalue weighted by Crippen LogP contribution is 2.21. The fourth-order valence-electron chi connectivity index (χ4n) is 2.66. The summed E-state index contributed by atoms with van der Waals surface area (Å²) in [5.41, 5.74) is 1.88. The Kier molecular flexibility index (Phi) is 6.96. The molecule has 0 radical (unpaired) electrons. The van der Waals surface area contributed by atoms with E-state index in [1.54, 1.807) is 36.1 Å². The molecule has 0 bridgehead atoms. The van der Waals surface area contributed by atoms with Gasteiger partial charge in [0.1, 0.15) is 5.75 Å². The average Bonchev–Trinajstić information content (AvgIpc) is 3.20. The van der Waals surface area contributed by atoms with Gasteiger partial charge in [0.05, 0.1) is 18.5 Å². The number of carbonyl (C=O) groups excluding carboxylic acids is 2. The van der Waals surface area contributed by atoms with Gasteiger partial charge in [-0.25, -0.2) is 0 Å². The van der Waals surface area contributed by atoms with Crippen LogP contribution in [0.5, 0.6) is 5.75 Å². The van der Waals surface area contributed by atoms with Crippen LogP contribution in [0.25, 0.3) is 5.69 Å². The van der Waals surface area contributed by atoms with E-state index in [0.717, 1.165) is 11.4 Å². The van der Waals surface area contributed by atoms with Gasteiger partial charge in [-0.3, -0.25) is 9.59 Å². The number of methoxy groups -OCH3 is 1. The van der Waals surface area contributed by atoms with Gasteiger partial charge in [-0.1, -0.05) is 23.9 Å². The Balaban J connectivity index is 1.51. The number of aromatic nitrogens is 4. The van der Waals surface area contributed by atoms with E-state index in [1.807, 2.05) is 24.3 Å². The number of rotatable bonds is 9.